The second-order valence-electron chi connectivity index (χ2n) is 4.14. The van der Waals surface area contributed by atoms with Gasteiger partial charge in [0.15, 0.2) is 0 Å². The molecular weight excluding hydrogens is 292 g/mol. The summed E-state index contributed by atoms with van der Waals surface area (Å²) in [5.41, 5.74) is 11.7. The largest absolute Gasteiger partial charge is 0.383 e. The van der Waals surface area contributed by atoms with E-state index in [9.17, 15) is 0 Å². The Morgan fingerprint density at radius 2 is 1.94 bits per heavy atom. The van der Waals surface area contributed by atoms with E-state index < -0.39 is 0 Å². The molecule has 2 rings (SSSR count). The average Bonchev–Trinajstić information content (AvgIpc) is 2.37. The summed E-state index contributed by atoms with van der Waals surface area (Å²) in [6.45, 7) is 1.98. The number of aromatic nitrogens is 1. The van der Waals surface area contributed by atoms with E-state index in [2.05, 4.69) is 26.3 Å². The average molecular weight is 307 g/mol. The summed E-state index contributed by atoms with van der Waals surface area (Å²) in [6, 6.07) is 9.77. The lowest BCUT2D eigenvalue weighted by molar-refractivity contribution is 0.636. The third kappa shape index (κ3) is 2.69. The Hall–Kier alpha value is -1.43. The van der Waals surface area contributed by atoms with E-state index in [0.29, 0.717) is 5.82 Å². The van der Waals surface area contributed by atoms with Gasteiger partial charge < -0.3 is 5.73 Å². The minimum atomic E-state index is -0.162. The Morgan fingerprint density at radius 3 is 2.56 bits per heavy atom. The maximum absolute atomic E-state index is 5.92. The Bertz CT molecular complexity index is 539. The van der Waals surface area contributed by atoms with E-state index in [4.69, 9.17) is 11.6 Å². The molecule has 94 valence electrons. The summed E-state index contributed by atoms with van der Waals surface area (Å²) in [5, 5.41) is 0. The molecule has 4 nitrogen and oxygen atoms in total. The van der Waals surface area contributed by atoms with Crippen LogP contribution < -0.4 is 17.0 Å². The van der Waals surface area contributed by atoms with Crippen LogP contribution in [0.1, 0.15) is 22.7 Å². The lowest BCUT2D eigenvalue weighted by Crippen LogP contribution is -2.29. The van der Waals surface area contributed by atoms with Crippen LogP contribution in [0.5, 0.6) is 0 Å². The summed E-state index contributed by atoms with van der Waals surface area (Å²) < 4.78 is 1.03. The summed E-state index contributed by atoms with van der Waals surface area (Å²) in [5.74, 6) is 6.14. The molecule has 18 heavy (non-hydrogen) atoms. The van der Waals surface area contributed by atoms with Crippen LogP contribution in [0.3, 0.4) is 0 Å². The van der Waals surface area contributed by atoms with Gasteiger partial charge in [0.05, 0.1) is 6.04 Å². The second-order valence-corrected chi connectivity index (χ2v) is 5.05. The fourth-order valence-corrected chi connectivity index (χ4v) is 2.12. The molecule has 0 fully saturated rings. The van der Waals surface area contributed by atoms with Gasteiger partial charge in [-0.05, 0) is 36.2 Å². The molecule has 5 heteroatoms. The lowest BCUT2D eigenvalue weighted by atomic mass is 9.99. The van der Waals surface area contributed by atoms with Crippen LogP contribution >= 0.6 is 15.9 Å². The van der Waals surface area contributed by atoms with Crippen LogP contribution in [0.25, 0.3) is 0 Å². The molecule has 0 amide bonds. The van der Waals surface area contributed by atoms with Crippen molar-refractivity contribution in [3.05, 3.63) is 57.7 Å². The van der Waals surface area contributed by atoms with Crippen molar-refractivity contribution >= 4 is 21.7 Å². The normalized spacial score (nSPS) is 12.4. The number of hydrazine groups is 1. The molecule has 2 aromatic rings. The highest BCUT2D eigenvalue weighted by Crippen LogP contribution is 2.26. The zero-order chi connectivity index (χ0) is 13.1. The van der Waals surface area contributed by atoms with Crippen molar-refractivity contribution in [2.75, 3.05) is 5.73 Å². The van der Waals surface area contributed by atoms with Crippen molar-refractivity contribution in [1.82, 2.24) is 10.4 Å². The lowest BCUT2D eigenvalue weighted by Gasteiger charge is -2.18. The molecule has 0 aliphatic heterocycles. The van der Waals surface area contributed by atoms with Crippen molar-refractivity contribution in [3.63, 3.8) is 0 Å². The third-order valence-electron chi connectivity index (χ3n) is 2.77. The summed E-state index contributed by atoms with van der Waals surface area (Å²) in [4.78, 5) is 4.16. The standard InChI is InChI=1S/C13H15BrN4/c1-8-6-11(13(15)17-7-8)12(18-16)9-2-4-10(14)5-3-9/h2-7,12,18H,16H2,1H3,(H2,15,17). The van der Waals surface area contributed by atoms with Crippen molar-refractivity contribution < 1.29 is 0 Å². The van der Waals surface area contributed by atoms with Gasteiger partial charge in [0.1, 0.15) is 5.82 Å². The first kappa shape index (κ1) is 13.0. The number of anilines is 1. The molecule has 0 spiro atoms. The van der Waals surface area contributed by atoms with Gasteiger partial charge in [-0.2, -0.15) is 0 Å². The van der Waals surface area contributed by atoms with Gasteiger partial charge in [-0.3, -0.25) is 5.84 Å². The first-order valence-corrected chi connectivity index (χ1v) is 6.34. The van der Waals surface area contributed by atoms with E-state index in [1.165, 1.54) is 0 Å². The maximum atomic E-state index is 5.92. The van der Waals surface area contributed by atoms with E-state index in [0.717, 1.165) is 21.2 Å². The summed E-state index contributed by atoms with van der Waals surface area (Å²) in [6.07, 6.45) is 1.74. The molecule has 0 bridgehead atoms. The van der Waals surface area contributed by atoms with Gasteiger partial charge in [-0.25, -0.2) is 10.4 Å². The summed E-state index contributed by atoms with van der Waals surface area (Å²) >= 11 is 3.41. The zero-order valence-corrected chi connectivity index (χ0v) is 11.6. The number of nitrogens with zero attached hydrogens (tertiary/aromatic N) is 1. The van der Waals surface area contributed by atoms with E-state index >= 15 is 0 Å². The zero-order valence-electron chi connectivity index (χ0n) is 10.0. The van der Waals surface area contributed by atoms with Crippen LogP contribution in [0.2, 0.25) is 0 Å². The van der Waals surface area contributed by atoms with Crippen LogP contribution in [0.15, 0.2) is 41.0 Å². The van der Waals surface area contributed by atoms with Gasteiger partial charge in [-0.15, -0.1) is 0 Å². The molecular formula is C13H15BrN4. The minimum absolute atomic E-state index is 0.162. The highest BCUT2D eigenvalue weighted by atomic mass is 79.9. The van der Waals surface area contributed by atoms with Crippen LogP contribution in [0.4, 0.5) is 5.82 Å². The second kappa shape index (κ2) is 5.48. The van der Waals surface area contributed by atoms with Crippen molar-refractivity contribution in [3.8, 4) is 0 Å². The fraction of sp³-hybridized carbons (Fsp3) is 0.154. The molecule has 1 heterocycles. The number of nitrogens with one attached hydrogen (secondary N) is 1. The number of halogens is 1. The first-order valence-electron chi connectivity index (χ1n) is 5.55. The third-order valence-corrected chi connectivity index (χ3v) is 3.30. The van der Waals surface area contributed by atoms with Gasteiger partial charge in [-0.1, -0.05) is 28.1 Å². The molecule has 1 unspecified atom stereocenters. The SMILES string of the molecule is Cc1cnc(N)c(C(NN)c2ccc(Br)cc2)c1. The topological polar surface area (TPSA) is 77.0 Å². The molecule has 1 atom stereocenters. The molecule has 0 saturated heterocycles. The smallest absolute Gasteiger partial charge is 0.128 e. The molecule has 0 saturated carbocycles. The number of rotatable bonds is 3. The van der Waals surface area contributed by atoms with Gasteiger partial charge >= 0.3 is 0 Å². The Labute approximate surface area is 115 Å². The Kier molecular flexibility index (Phi) is 3.96. The van der Waals surface area contributed by atoms with Gasteiger partial charge in [0, 0.05) is 16.2 Å². The van der Waals surface area contributed by atoms with Crippen molar-refractivity contribution in [1.29, 1.82) is 0 Å². The molecule has 0 radical (unpaired) electrons. The van der Waals surface area contributed by atoms with Gasteiger partial charge in [0.25, 0.3) is 0 Å². The number of nitrogen functional groups attached to an aromatic ring is 1. The predicted molar refractivity (Wildman–Crippen MR) is 76.7 cm³/mol. The first-order chi connectivity index (χ1) is 8.61. The van der Waals surface area contributed by atoms with Crippen molar-refractivity contribution in [2.24, 2.45) is 5.84 Å². The number of hydrogen-bond acceptors (Lipinski definition) is 4. The summed E-state index contributed by atoms with van der Waals surface area (Å²) in [7, 11) is 0. The number of nitrogens with two attached hydrogens (primary N) is 2. The molecule has 1 aromatic carbocycles. The minimum Gasteiger partial charge on any atom is -0.383 e. The number of aryl methyl sites for hydroxylation is 1. The Morgan fingerprint density at radius 1 is 1.28 bits per heavy atom. The molecule has 1 aromatic heterocycles. The van der Waals surface area contributed by atoms with E-state index in [-0.39, 0.29) is 6.04 Å². The highest BCUT2D eigenvalue weighted by molar-refractivity contribution is 9.10. The number of pyridine rings is 1. The van der Waals surface area contributed by atoms with E-state index in [1.54, 1.807) is 6.20 Å². The monoisotopic (exact) mass is 306 g/mol. The molecule has 0 aliphatic carbocycles. The van der Waals surface area contributed by atoms with Gasteiger partial charge in [0.2, 0.25) is 0 Å². The quantitative estimate of drug-likeness (QED) is 0.600. The van der Waals surface area contributed by atoms with Crippen LogP contribution in [-0.4, -0.2) is 4.98 Å². The highest BCUT2D eigenvalue weighted by Gasteiger charge is 2.16. The van der Waals surface area contributed by atoms with Crippen molar-refractivity contribution in [2.45, 2.75) is 13.0 Å². The van der Waals surface area contributed by atoms with E-state index in [1.807, 2.05) is 37.3 Å². The molecule has 5 N–H and O–H groups in total. The number of hydrogen-bond donors (Lipinski definition) is 3. The molecule has 0 aliphatic rings. The van der Waals surface area contributed by atoms with Crippen LogP contribution in [-0.2, 0) is 0 Å². The fourth-order valence-electron chi connectivity index (χ4n) is 1.85. The Balaban J connectivity index is 2.44. The predicted octanol–water partition coefficient (Wildman–Crippen LogP) is 2.29. The maximum Gasteiger partial charge on any atom is 0.128 e. The van der Waals surface area contributed by atoms with Crippen LogP contribution in [0, 0.1) is 6.92 Å². The number of benzene rings is 1.